The number of nitrogens with one attached hydrogen (secondary N) is 1. The number of fused-ring (bicyclic) bond motifs is 1. The molecule has 0 saturated carbocycles. The van der Waals surface area contributed by atoms with Crippen molar-refractivity contribution in [3.05, 3.63) is 53.6 Å². The number of hydrogen-bond acceptors (Lipinski definition) is 4. The number of nitrogens with zero attached hydrogens (tertiary/aromatic N) is 3. The van der Waals surface area contributed by atoms with E-state index in [4.69, 9.17) is 9.90 Å². The highest BCUT2D eigenvalue weighted by Gasteiger charge is 2.38. The molecule has 0 saturated heterocycles. The van der Waals surface area contributed by atoms with E-state index >= 15 is 0 Å². The average molecular weight is 416 g/mol. The zero-order valence-electron chi connectivity index (χ0n) is 15.5. The van der Waals surface area contributed by atoms with Crippen LogP contribution in [0.25, 0.3) is 0 Å². The maximum absolute atomic E-state index is 13.3. The van der Waals surface area contributed by atoms with Crippen LogP contribution in [0.15, 0.2) is 36.5 Å². The Kier molecular flexibility index (Phi) is 7.32. The zero-order chi connectivity index (χ0) is 21.6. The summed E-state index contributed by atoms with van der Waals surface area (Å²) < 4.78 is 47.0. The lowest BCUT2D eigenvalue weighted by molar-refractivity contribution is -0.192. The maximum atomic E-state index is 13.3. The number of rotatable bonds is 4. The van der Waals surface area contributed by atoms with E-state index in [1.165, 1.54) is 6.07 Å². The molecular weight excluding hydrogens is 396 g/mol. The summed E-state index contributed by atoms with van der Waals surface area (Å²) in [5.74, 6) is -2.98. The van der Waals surface area contributed by atoms with Gasteiger partial charge in [0.25, 0.3) is 0 Å². The summed E-state index contributed by atoms with van der Waals surface area (Å²) >= 11 is 0. The molecule has 0 fully saturated rings. The Morgan fingerprint density at radius 1 is 1.31 bits per heavy atom. The molecule has 2 aromatic rings. The summed E-state index contributed by atoms with van der Waals surface area (Å²) in [6.45, 7) is 2.13. The molecular formula is C18H20F4N4O3. The van der Waals surface area contributed by atoms with Gasteiger partial charge in [0.15, 0.2) is 0 Å². The smallest absolute Gasteiger partial charge is 0.475 e. The first-order valence-electron chi connectivity index (χ1n) is 8.60. The normalized spacial score (nSPS) is 16.4. The van der Waals surface area contributed by atoms with E-state index in [0.717, 1.165) is 24.3 Å². The van der Waals surface area contributed by atoms with Gasteiger partial charge in [-0.3, -0.25) is 14.4 Å². The Morgan fingerprint density at radius 2 is 2.00 bits per heavy atom. The molecule has 2 N–H and O–H groups in total. The second kappa shape index (κ2) is 9.50. The van der Waals surface area contributed by atoms with Gasteiger partial charge in [0.1, 0.15) is 5.82 Å². The molecule has 0 aliphatic carbocycles. The van der Waals surface area contributed by atoms with E-state index < -0.39 is 12.1 Å². The van der Waals surface area contributed by atoms with E-state index in [-0.39, 0.29) is 17.8 Å². The molecule has 1 aliphatic rings. The number of carboxylic acid groups (broad SMARTS) is 1. The summed E-state index contributed by atoms with van der Waals surface area (Å²) in [5.41, 5.74) is 2.02. The summed E-state index contributed by atoms with van der Waals surface area (Å²) in [4.78, 5) is 22.8. The molecule has 1 aromatic heterocycles. The number of carbonyl (C=O) groups excluding carboxylic acids is 1. The number of aromatic nitrogens is 2. The standard InChI is InChI=1S/C16H19FN4O.C2HF3O2/c1-18-16(22)8-15-11-20(10-14-5-6-19-21(14)15)9-12-3-2-4-13(17)7-12;3-2(4,5)1(6)7/h2-7,15H,8-11H2,1H3,(H,18,22);(H,6,7). The van der Waals surface area contributed by atoms with Crippen LogP contribution in [-0.4, -0.2) is 51.4 Å². The van der Waals surface area contributed by atoms with Gasteiger partial charge in [-0.15, -0.1) is 0 Å². The minimum absolute atomic E-state index is 0.000874. The quantitative estimate of drug-likeness (QED) is 0.748. The molecule has 158 valence electrons. The predicted octanol–water partition coefficient (Wildman–Crippen LogP) is 2.35. The Labute approximate surface area is 163 Å². The Hall–Kier alpha value is -2.95. The molecule has 1 aliphatic heterocycles. The lowest BCUT2D eigenvalue weighted by Crippen LogP contribution is -2.39. The summed E-state index contributed by atoms with van der Waals surface area (Å²) in [7, 11) is 1.64. The van der Waals surface area contributed by atoms with E-state index in [2.05, 4.69) is 15.3 Å². The molecule has 11 heteroatoms. The highest BCUT2D eigenvalue weighted by atomic mass is 19.4. The van der Waals surface area contributed by atoms with Crippen LogP contribution in [0, 0.1) is 5.82 Å². The first-order chi connectivity index (χ1) is 13.6. The van der Waals surface area contributed by atoms with E-state index in [1.54, 1.807) is 25.4 Å². The largest absolute Gasteiger partial charge is 0.490 e. The number of benzene rings is 1. The summed E-state index contributed by atoms with van der Waals surface area (Å²) in [5, 5.41) is 14.1. The number of carboxylic acids is 1. The van der Waals surface area contributed by atoms with Crippen LogP contribution in [0.1, 0.15) is 23.7 Å². The van der Waals surface area contributed by atoms with Gasteiger partial charge in [-0.05, 0) is 23.8 Å². The van der Waals surface area contributed by atoms with Crippen LogP contribution in [-0.2, 0) is 22.7 Å². The van der Waals surface area contributed by atoms with Gasteiger partial charge < -0.3 is 10.4 Å². The fourth-order valence-electron chi connectivity index (χ4n) is 2.95. The molecule has 0 radical (unpaired) electrons. The Balaban J connectivity index is 0.000000370. The molecule has 0 spiro atoms. The maximum Gasteiger partial charge on any atom is 0.490 e. The van der Waals surface area contributed by atoms with Gasteiger partial charge in [-0.2, -0.15) is 18.3 Å². The number of amides is 1. The first-order valence-corrected chi connectivity index (χ1v) is 8.60. The third kappa shape index (κ3) is 6.56. The zero-order valence-corrected chi connectivity index (χ0v) is 15.5. The first kappa shape index (κ1) is 22.3. The highest BCUT2D eigenvalue weighted by molar-refractivity contribution is 5.76. The fourth-order valence-corrected chi connectivity index (χ4v) is 2.95. The van der Waals surface area contributed by atoms with Crippen LogP contribution < -0.4 is 5.32 Å². The van der Waals surface area contributed by atoms with Crippen LogP contribution in [0.4, 0.5) is 17.6 Å². The van der Waals surface area contributed by atoms with E-state index in [1.807, 2.05) is 16.8 Å². The lowest BCUT2D eigenvalue weighted by atomic mass is 10.1. The molecule has 1 aromatic carbocycles. The van der Waals surface area contributed by atoms with Gasteiger partial charge in [0, 0.05) is 32.9 Å². The minimum atomic E-state index is -5.08. The molecule has 7 nitrogen and oxygen atoms in total. The van der Waals surface area contributed by atoms with Gasteiger partial charge in [0.05, 0.1) is 18.2 Å². The van der Waals surface area contributed by atoms with E-state index in [0.29, 0.717) is 13.0 Å². The van der Waals surface area contributed by atoms with Gasteiger partial charge in [-0.1, -0.05) is 12.1 Å². The number of halogens is 4. The highest BCUT2D eigenvalue weighted by Crippen LogP contribution is 2.24. The second-order valence-corrected chi connectivity index (χ2v) is 6.40. The lowest BCUT2D eigenvalue weighted by Gasteiger charge is -2.33. The average Bonchev–Trinajstić information content (AvgIpc) is 3.10. The third-order valence-corrected chi connectivity index (χ3v) is 4.19. The van der Waals surface area contributed by atoms with Crippen LogP contribution in [0.2, 0.25) is 0 Å². The summed E-state index contributed by atoms with van der Waals surface area (Å²) in [6, 6.07) is 8.62. The van der Waals surface area contributed by atoms with Crippen LogP contribution in [0.3, 0.4) is 0 Å². The number of alkyl halides is 3. The van der Waals surface area contributed by atoms with Crippen molar-refractivity contribution in [3.63, 3.8) is 0 Å². The van der Waals surface area contributed by atoms with Crippen LogP contribution in [0.5, 0.6) is 0 Å². The molecule has 29 heavy (non-hydrogen) atoms. The fraction of sp³-hybridized carbons (Fsp3) is 0.389. The van der Waals surface area contributed by atoms with Crippen LogP contribution >= 0.6 is 0 Å². The number of carbonyl (C=O) groups is 2. The van der Waals surface area contributed by atoms with Gasteiger partial charge in [0.2, 0.25) is 5.91 Å². The molecule has 1 unspecified atom stereocenters. The predicted molar refractivity (Wildman–Crippen MR) is 94.2 cm³/mol. The van der Waals surface area contributed by atoms with Crippen molar-refractivity contribution in [2.24, 2.45) is 0 Å². The SMILES string of the molecule is CNC(=O)CC1CN(Cc2cccc(F)c2)Cc2ccnn21.O=C(O)C(F)(F)F. The van der Waals surface area contributed by atoms with Crippen molar-refractivity contribution in [1.82, 2.24) is 20.0 Å². The number of aliphatic carboxylic acids is 1. The van der Waals surface area contributed by atoms with Crippen molar-refractivity contribution in [2.45, 2.75) is 31.7 Å². The molecule has 3 rings (SSSR count). The van der Waals surface area contributed by atoms with Gasteiger partial charge >= 0.3 is 12.1 Å². The van der Waals surface area contributed by atoms with Crippen molar-refractivity contribution in [1.29, 1.82) is 0 Å². The molecule has 2 heterocycles. The van der Waals surface area contributed by atoms with Gasteiger partial charge in [-0.25, -0.2) is 9.18 Å². The van der Waals surface area contributed by atoms with Crippen molar-refractivity contribution in [3.8, 4) is 0 Å². The second-order valence-electron chi connectivity index (χ2n) is 6.40. The Morgan fingerprint density at radius 3 is 2.59 bits per heavy atom. The topological polar surface area (TPSA) is 87.5 Å². The number of hydrogen-bond donors (Lipinski definition) is 2. The van der Waals surface area contributed by atoms with E-state index in [9.17, 15) is 22.4 Å². The van der Waals surface area contributed by atoms with Crippen molar-refractivity contribution in [2.75, 3.05) is 13.6 Å². The minimum Gasteiger partial charge on any atom is -0.475 e. The monoisotopic (exact) mass is 416 g/mol. The molecule has 1 amide bonds. The third-order valence-electron chi connectivity index (χ3n) is 4.19. The Bertz CT molecular complexity index is 854. The molecule has 0 bridgehead atoms. The molecule has 1 atom stereocenters. The summed E-state index contributed by atoms with van der Waals surface area (Å²) in [6.07, 6.45) is -2.93. The van der Waals surface area contributed by atoms with Crippen molar-refractivity contribution < 1.29 is 32.3 Å². The van der Waals surface area contributed by atoms with Crippen molar-refractivity contribution >= 4 is 11.9 Å².